The molecule has 5 nitrogen and oxygen atoms in total. The van der Waals surface area contributed by atoms with Crippen LogP contribution < -0.4 is 10.1 Å². The first-order chi connectivity index (χ1) is 9.67. The Bertz CT molecular complexity index is 439. The van der Waals surface area contributed by atoms with Crippen molar-refractivity contribution in [1.29, 1.82) is 0 Å². The maximum atomic E-state index is 9.77. The lowest BCUT2D eigenvalue weighted by atomic mass is 10.0. The molecule has 1 saturated heterocycles. The van der Waals surface area contributed by atoms with Crippen LogP contribution in [0.4, 0.5) is 0 Å². The predicted molar refractivity (Wildman–Crippen MR) is 78.1 cm³/mol. The van der Waals surface area contributed by atoms with Crippen LogP contribution in [0.5, 0.6) is 11.5 Å². The second kappa shape index (κ2) is 6.92. The van der Waals surface area contributed by atoms with E-state index >= 15 is 0 Å². The van der Waals surface area contributed by atoms with Gasteiger partial charge in [-0.2, -0.15) is 0 Å². The smallest absolute Gasteiger partial charge is 0.161 e. The first-order valence-corrected chi connectivity index (χ1v) is 7.20. The van der Waals surface area contributed by atoms with Gasteiger partial charge in [0.15, 0.2) is 11.5 Å². The van der Waals surface area contributed by atoms with E-state index in [1.165, 1.54) is 0 Å². The average Bonchev–Trinajstić information content (AvgIpc) is 2.45. The van der Waals surface area contributed by atoms with E-state index in [1.54, 1.807) is 6.07 Å². The van der Waals surface area contributed by atoms with Gasteiger partial charge in [-0.25, -0.2) is 0 Å². The molecule has 112 valence electrons. The molecule has 1 aliphatic rings. The number of aliphatic hydroxyl groups excluding tert-OH is 1. The fraction of sp³-hybridized carbons (Fsp3) is 0.600. The number of piperazine rings is 1. The average molecular weight is 280 g/mol. The highest BCUT2D eigenvalue weighted by Crippen LogP contribution is 2.32. The van der Waals surface area contributed by atoms with E-state index in [2.05, 4.69) is 17.1 Å². The van der Waals surface area contributed by atoms with Gasteiger partial charge in [-0.3, -0.25) is 4.90 Å². The van der Waals surface area contributed by atoms with Crippen molar-refractivity contribution in [1.82, 2.24) is 10.2 Å². The molecule has 0 spiro atoms. The van der Waals surface area contributed by atoms with Gasteiger partial charge < -0.3 is 20.3 Å². The van der Waals surface area contributed by atoms with Crippen LogP contribution >= 0.6 is 0 Å². The Morgan fingerprint density at radius 2 is 2.30 bits per heavy atom. The van der Waals surface area contributed by atoms with Gasteiger partial charge in [0.1, 0.15) is 0 Å². The number of phenolic OH excluding ortho intramolecular Hbond substituents is 1. The van der Waals surface area contributed by atoms with Crippen molar-refractivity contribution in [3.05, 3.63) is 23.8 Å². The molecule has 5 heteroatoms. The molecule has 0 bridgehead atoms. The maximum absolute atomic E-state index is 9.77. The van der Waals surface area contributed by atoms with Gasteiger partial charge in [0.05, 0.1) is 19.3 Å². The zero-order valence-corrected chi connectivity index (χ0v) is 12.2. The number of rotatable bonds is 5. The monoisotopic (exact) mass is 280 g/mol. The minimum Gasteiger partial charge on any atom is -0.504 e. The molecule has 0 amide bonds. The van der Waals surface area contributed by atoms with E-state index in [9.17, 15) is 10.2 Å². The molecule has 0 radical (unpaired) electrons. The summed E-state index contributed by atoms with van der Waals surface area (Å²) in [5, 5.41) is 22.9. The normalized spacial score (nSPS) is 21.6. The lowest BCUT2D eigenvalue weighted by molar-refractivity contribution is 0.0721. The molecular weight excluding hydrogens is 256 g/mol. The minimum atomic E-state index is -0.0630. The van der Waals surface area contributed by atoms with E-state index in [4.69, 9.17) is 4.74 Å². The number of nitrogens with zero attached hydrogens (tertiary/aromatic N) is 1. The number of benzene rings is 1. The fourth-order valence-electron chi connectivity index (χ4n) is 2.73. The van der Waals surface area contributed by atoms with Gasteiger partial charge in [0.25, 0.3) is 0 Å². The summed E-state index contributed by atoms with van der Waals surface area (Å²) in [6.45, 7) is 7.35. The highest BCUT2D eigenvalue weighted by Gasteiger charge is 2.27. The molecule has 0 aliphatic carbocycles. The number of phenols is 1. The summed E-state index contributed by atoms with van der Waals surface area (Å²) in [7, 11) is 0. The topological polar surface area (TPSA) is 65.0 Å². The Labute approximate surface area is 120 Å². The maximum Gasteiger partial charge on any atom is 0.161 e. The first kappa shape index (κ1) is 15.1. The molecular formula is C15H24N2O3. The van der Waals surface area contributed by atoms with Crippen LogP contribution in [0.15, 0.2) is 18.2 Å². The Kier molecular flexibility index (Phi) is 5.23. The molecule has 1 fully saturated rings. The lowest BCUT2D eigenvalue weighted by Crippen LogP contribution is -2.51. The largest absolute Gasteiger partial charge is 0.504 e. The van der Waals surface area contributed by atoms with Gasteiger partial charge in [-0.05, 0) is 31.5 Å². The highest BCUT2D eigenvalue weighted by atomic mass is 16.5. The van der Waals surface area contributed by atoms with E-state index < -0.39 is 0 Å². The third-order valence-corrected chi connectivity index (χ3v) is 3.79. The van der Waals surface area contributed by atoms with E-state index in [0.29, 0.717) is 18.4 Å². The Morgan fingerprint density at radius 1 is 1.50 bits per heavy atom. The van der Waals surface area contributed by atoms with Gasteiger partial charge in [0.2, 0.25) is 0 Å². The quantitative estimate of drug-likeness (QED) is 0.754. The van der Waals surface area contributed by atoms with Crippen molar-refractivity contribution in [2.24, 2.45) is 0 Å². The molecule has 2 unspecified atom stereocenters. The van der Waals surface area contributed by atoms with Gasteiger partial charge in [0, 0.05) is 25.7 Å². The molecule has 2 atom stereocenters. The molecule has 2 rings (SSSR count). The summed E-state index contributed by atoms with van der Waals surface area (Å²) in [6, 6.07) is 5.62. The van der Waals surface area contributed by atoms with Crippen LogP contribution in [0.2, 0.25) is 0 Å². The second-order valence-electron chi connectivity index (χ2n) is 5.15. The third kappa shape index (κ3) is 3.23. The zero-order chi connectivity index (χ0) is 14.5. The number of hydrogen-bond donors (Lipinski definition) is 3. The van der Waals surface area contributed by atoms with Crippen molar-refractivity contribution in [3.8, 4) is 11.5 Å². The minimum absolute atomic E-state index is 0.0562. The molecule has 1 aromatic rings. The molecule has 0 aromatic heterocycles. The summed E-state index contributed by atoms with van der Waals surface area (Å²) in [5.74, 6) is 0.617. The number of hydrogen-bond acceptors (Lipinski definition) is 5. The SMILES string of the molecule is CCOc1cc(C(CO)N2CCNCC2C)ccc1O. The van der Waals surface area contributed by atoms with Crippen LogP contribution in [0.25, 0.3) is 0 Å². The number of aromatic hydroxyl groups is 1. The zero-order valence-electron chi connectivity index (χ0n) is 12.2. The highest BCUT2D eigenvalue weighted by molar-refractivity contribution is 5.43. The van der Waals surface area contributed by atoms with Gasteiger partial charge in [-0.1, -0.05) is 6.07 Å². The number of aliphatic hydroxyl groups is 1. The molecule has 1 aromatic carbocycles. The number of nitrogens with one attached hydrogen (secondary N) is 1. The Morgan fingerprint density at radius 3 is 2.95 bits per heavy atom. The van der Waals surface area contributed by atoms with Crippen molar-refractivity contribution < 1.29 is 14.9 Å². The molecule has 3 N–H and O–H groups in total. The van der Waals surface area contributed by atoms with E-state index in [-0.39, 0.29) is 18.4 Å². The van der Waals surface area contributed by atoms with Crippen molar-refractivity contribution in [3.63, 3.8) is 0 Å². The van der Waals surface area contributed by atoms with Crippen molar-refractivity contribution in [2.75, 3.05) is 32.8 Å². The van der Waals surface area contributed by atoms with Gasteiger partial charge in [-0.15, -0.1) is 0 Å². The third-order valence-electron chi connectivity index (χ3n) is 3.79. The van der Waals surface area contributed by atoms with Gasteiger partial charge >= 0.3 is 0 Å². The summed E-state index contributed by atoms with van der Waals surface area (Å²) in [5.41, 5.74) is 0.975. The standard InChI is InChI=1S/C15H24N2O3/c1-3-20-15-8-12(4-5-14(15)19)13(10-18)17-7-6-16-9-11(17)2/h4-5,8,11,13,16,18-19H,3,6-7,9-10H2,1-2H3. The Hall–Kier alpha value is -1.30. The Balaban J connectivity index is 2.24. The summed E-state index contributed by atoms with van der Waals surface area (Å²) >= 11 is 0. The second-order valence-corrected chi connectivity index (χ2v) is 5.15. The summed E-state index contributed by atoms with van der Waals surface area (Å²) in [6.07, 6.45) is 0. The van der Waals surface area contributed by atoms with Crippen LogP contribution in [0.3, 0.4) is 0 Å². The first-order valence-electron chi connectivity index (χ1n) is 7.20. The molecule has 1 heterocycles. The predicted octanol–water partition coefficient (Wildman–Crippen LogP) is 1.12. The summed E-state index contributed by atoms with van der Waals surface area (Å²) in [4.78, 5) is 2.29. The number of ether oxygens (including phenoxy) is 1. The molecule has 20 heavy (non-hydrogen) atoms. The fourth-order valence-corrected chi connectivity index (χ4v) is 2.73. The van der Waals surface area contributed by atoms with Crippen LogP contribution in [0.1, 0.15) is 25.5 Å². The van der Waals surface area contributed by atoms with Crippen LogP contribution in [-0.4, -0.2) is 54.0 Å². The molecule has 1 aliphatic heterocycles. The van der Waals surface area contributed by atoms with Crippen LogP contribution in [-0.2, 0) is 0 Å². The van der Waals surface area contributed by atoms with Crippen molar-refractivity contribution >= 4 is 0 Å². The van der Waals surface area contributed by atoms with Crippen LogP contribution in [0, 0.1) is 0 Å². The van der Waals surface area contributed by atoms with E-state index in [1.807, 2.05) is 19.1 Å². The molecule has 0 saturated carbocycles. The van der Waals surface area contributed by atoms with E-state index in [0.717, 1.165) is 25.2 Å². The summed E-state index contributed by atoms with van der Waals surface area (Å²) < 4.78 is 5.42. The van der Waals surface area contributed by atoms with Crippen molar-refractivity contribution in [2.45, 2.75) is 25.9 Å². The lowest BCUT2D eigenvalue weighted by Gasteiger charge is -2.39.